The maximum atomic E-state index is 14.5. The second-order valence-corrected chi connectivity index (χ2v) is 14.2. The lowest BCUT2D eigenvalue weighted by Crippen LogP contribution is -2.61. The van der Waals surface area contributed by atoms with Gasteiger partial charge in [0.15, 0.2) is 0 Å². The van der Waals surface area contributed by atoms with E-state index in [0.29, 0.717) is 23.9 Å². The van der Waals surface area contributed by atoms with E-state index in [-0.39, 0.29) is 54.7 Å². The number of anilines is 1. The van der Waals surface area contributed by atoms with Crippen molar-refractivity contribution in [1.29, 1.82) is 0 Å². The molecule has 2 aromatic rings. The first-order valence-corrected chi connectivity index (χ1v) is 18.2. The van der Waals surface area contributed by atoms with Gasteiger partial charge in [-0.3, -0.25) is 19.2 Å². The van der Waals surface area contributed by atoms with Gasteiger partial charge in [0.1, 0.15) is 23.7 Å². The van der Waals surface area contributed by atoms with Crippen molar-refractivity contribution in [2.24, 2.45) is 5.92 Å². The van der Waals surface area contributed by atoms with Crippen LogP contribution in [0.1, 0.15) is 110 Å². The number of nitrogens with zero attached hydrogens (tertiary/aromatic N) is 2. The van der Waals surface area contributed by atoms with Crippen LogP contribution in [0.3, 0.4) is 0 Å². The van der Waals surface area contributed by atoms with Crippen LogP contribution in [0.15, 0.2) is 36.4 Å². The van der Waals surface area contributed by atoms with E-state index in [0.717, 1.165) is 94.3 Å². The number of piperazine rings is 1. The summed E-state index contributed by atoms with van der Waals surface area (Å²) in [5, 5.41) is 9.00. The number of carbonyl (C=O) groups is 4. The molecule has 2 saturated heterocycles. The van der Waals surface area contributed by atoms with E-state index in [1.165, 1.54) is 30.7 Å². The quantitative estimate of drug-likeness (QED) is 0.335. The smallest absolute Gasteiger partial charge is 0.254 e. The lowest BCUT2D eigenvalue weighted by atomic mass is 9.83. The molecule has 10 nitrogen and oxygen atoms in total. The first-order chi connectivity index (χ1) is 23.7. The molecule has 4 amide bonds. The molecular weight excluding hydrogens is 625 g/mol. The standard InChI is InChI=1S/C38H50FN5O5/c1-25(45)42-31-19-29(18-30(39)21-31)37(47)43-16-17-44(34(24-43)36(46)41-22-26-8-4-2-5-9-26)38(48)28-12-13-35(49-32-14-15-40-23-32)33(20-28)27-10-6-3-7-11-27/h12-13,18-21,26-27,32,34,40H,2-11,14-17,22-24H2,1H3,(H,41,46)(H,42,45)/t32-,34?/m0/s1. The van der Waals surface area contributed by atoms with Crippen molar-refractivity contribution < 1.29 is 28.3 Å². The summed E-state index contributed by atoms with van der Waals surface area (Å²) in [6.07, 6.45) is 12.2. The molecule has 11 heteroatoms. The third-order valence-corrected chi connectivity index (χ3v) is 10.6. The molecule has 1 unspecified atom stereocenters. The maximum Gasteiger partial charge on any atom is 0.254 e. The molecule has 2 aromatic carbocycles. The molecule has 0 radical (unpaired) electrons. The molecule has 2 aliphatic carbocycles. The highest BCUT2D eigenvalue weighted by atomic mass is 19.1. The zero-order valence-electron chi connectivity index (χ0n) is 28.6. The predicted molar refractivity (Wildman–Crippen MR) is 185 cm³/mol. The van der Waals surface area contributed by atoms with Gasteiger partial charge in [0, 0.05) is 49.9 Å². The van der Waals surface area contributed by atoms with Crippen molar-refractivity contribution in [3.05, 3.63) is 58.9 Å². The minimum Gasteiger partial charge on any atom is -0.489 e. The number of amides is 4. The number of benzene rings is 2. The number of hydrogen-bond donors (Lipinski definition) is 3. The molecule has 2 aliphatic heterocycles. The summed E-state index contributed by atoms with van der Waals surface area (Å²) in [4.78, 5) is 56.7. The van der Waals surface area contributed by atoms with Crippen LogP contribution in [0, 0.1) is 11.7 Å². The molecule has 3 N–H and O–H groups in total. The normalized spacial score (nSPS) is 22.1. The van der Waals surface area contributed by atoms with E-state index in [9.17, 15) is 23.6 Å². The summed E-state index contributed by atoms with van der Waals surface area (Å²) in [5.74, 6) is -0.519. The molecular formula is C38H50FN5O5. The fraction of sp³-hybridized carbons (Fsp3) is 0.579. The molecule has 49 heavy (non-hydrogen) atoms. The number of ether oxygens (including phenoxy) is 1. The Labute approximate surface area is 288 Å². The summed E-state index contributed by atoms with van der Waals surface area (Å²) in [7, 11) is 0. The van der Waals surface area contributed by atoms with Crippen LogP contribution >= 0.6 is 0 Å². The van der Waals surface area contributed by atoms with E-state index in [4.69, 9.17) is 4.74 Å². The number of halogens is 1. The van der Waals surface area contributed by atoms with Gasteiger partial charge in [0.25, 0.3) is 11.8 Å². The highest BCUT2D eigenvalue weighted by Gasteiger charge is 2.38. The summed E-state index contributed by atoms with van der Waals surface area (Å²) >= 11 is 0. The van der Waals surface area contributed by atoms with Crippen molar-refractivity contribution >= 4 is 29.3 Å². The highest BCUT2D eigenvalue weighted by Crippen LogP contribution is 2.39. The molecule has 2 saturated carbocycles. The Morgan fingerprint density at radius 2 is 1.63 bits per heavy atom. The third kappa shape index (κ3) is 8.79. The van der Waals surface area contributed by atoms with Gasteiger partial charge in [-0.25, -0.2) is 4.39 Å². The molecule has 2 heterocycles. The van der Waals surface area contributed by atoms with Crippen LogP contribution in [0.5, 0.6) is 5.75 Å². The Morgan fingerprint density at radius 3 is 2.35 bits per heavy atom. The Kier molecular flexibility index (Phi) is 11.5. The Hall–Kier alpha value is -3.99. The minimum absolute atomic E-state index is 0.0294. The first-order valence-electron chi connectivity index (χ1n) is 18.2. The summed E-state index contributed by atoms with van der Waals surface area (Å²) in [5.41, 5.74) is 1.81. The fourth-order valence-electron chi connectivity index (χ4n) is 7.96. The number of rotatable bonds is 9. The van der Waals surface area contributed by atoms with E-state index >= 15 is 0 Å². The maximum absolute atomic E-state index is 14.5. The van der Waals surface area contributed by atoms with Gasteiger partial charge in [-0.15, -0.1) is 0 Å². The number of hydrogen-bond acceptors (Lipinski definition) is 6. The molecule has 4 aliphatic rings. The van der Waals surface area contributed by atoms with Crippen LogP contribution in [0.4, 0.5) is 10.1 Å². The molecule has 2 atom stereocenters. The van der Waals surface area contributed by atoms with Gasteiger partial charge in [0.05, 0.1) is 6.54 Å². The van der Waals surface area contributed by atoms with Crippen LogP contribution < -0.4 is 20.7 Å². The molecule has 264 valence electrons. The van der Waals surface area contributed by atoms with E-state index in [2.05, 4.69) is 16.0 Å². The van der Waals surface area contributed by atoms with Crippen LogP contribution in [0.25, 0.3) is 0 Å². The van der Waals surface area contributed by atoms with Gasteiger partial charge in [-0.05, 0) is 92.4 Å². The van der Waals surface area contributed by atoms with Gasteiger partial charge in [-0.1, -0.05) is 38.5 Å². The Morgan fingerprint density at radius 1 is 0.878 bits per heavy atom. The SMILES string of the molecule is CC(=O)Nc1cc(F)cc(C(=O)N2CCN(C(=O)c3ccc(O[C@H]4CCNC4)c(C4CCCCC4)c3)C(C(=O)NCC3CCCCC3)C2)c1. The molecule has 0 spiro atoms. The van der Waals surface area contributed by atoms with Crippen molar-refractivity contribution in [2.45, 2.75) is 95.6 Å². The van der Waals surface area contributed by atoms with E-state index in [1.54, 1.807) is 11.0 Å². The van der Waals surface area contributed by atoms with Crippen molar-refractivity contribution in [3.8, 4) is 5.75 Å². The lowest BCUT2D eigenvalue weighted by Gasteiger charge is -2.41. The lowest BCUT2D eigenvalue weighted by molar-refractivity contribution is -0.127. The average molecular weight is 676 g/mol. The summed E-state index contributed by atoms with van der Waals surface area (Å²) in [6.45, 7) is 3.86. The zero-order valence-corrected chi connectivity index (χ0v) is 28.6. The zero-order chi connectivity index (χ0) is 34.3. The van der Waals surface area contributed by atoms with Gasteiger partial charge >= 0.3 is 0 Å². The summed E-state index contributed by atoms with van der Waals surface area (Å²) < 4.78 is 21.0. The molecule has 4 fully saturated rings. The molecule has 0 aromatic heterocycles. The Bertz CT molecular complexity index is 1520. The van der Waals surface area contributed by atoms with E-state index < -0.39 is 17.8 Å². The van der Waals surface area contributed by atoms with Gasteiger partial charge in [0.2, 0.25) is 11.8 Å². The van der Waals surface area contributed by atoms with Crippen molar-refractivity contribution in [1.82, 2.24) is 20.4 Å². The van der Waals surface area contributed by atoms with Crippen LogP contribution in [-0.4, -0.2) is 84.8 Å². The van der Waals surface area contributed by atoms with Crippen LogP contribution in [0.2, 0.25) is 0 Å². The molecule has 0 bridgehead atoms. The monoisotopic (exact) mass is 675 g/mol. The topological polar surface area (TPSA) is 120 Å². The second-order valence-electron chi connectivity index (χ2n) is 14.2. The van der Waals surface area contributed by atoms with E-state index in [1.807, 2.05) is 12.1 Å². The van der Waals surface area contributed by atoms with Gasteiger partial charge < -0.3 is 30.5 Å². The average Bonchev–Trinajstić information content (AvgIpc) is 3.63. The first kappa shape index (κ1) is 34.9. The number of carbonyl (C=O) groups excluding carboxylic acids is 4. The minimum atomic E-state index is -0.921. The highest BCUT2D eigenvalue weighted by molar-refractivity contribution is 6.00. The van der Waals surface area contributed by atoms with Crippen LogP contribution in [-0.2, 0) is 9.59 Å². The van der Waals surface area contributed by atoms with Crippen molar-refractivity contribution in [3.63, 3.8) is 0 Å². The Balaban J connectivity index is 1.25. The largest absolute Gasteiger partial charge is 0.489 e. The fourth-order valence-corrected chi connectivity index (χ4v) is 7.96. The number of nitrogens with one attached hydrogen (secondary N) is 3. The second kappa shape index (κ2) is 16.1. The predicted octanol–water partition coefficient (Wildman–Crippen LogP) is 5.24. The van der Waals surface area contributed by atoms with Gasteiger partial charge in [-0.2, -0.15) is 0 Å². The molecule has 6 rings (SSSR count). The third-order valence-electron chi connectivity index (χ3n) is 10.6. The van der Waals surface area contributed by atoms with Crippen molar-refractivity contribution in [2.75, 3.05) is 44.6 Å². The summed E-state index contributed by atoms with van der Waals surface area (Å²) in [6, 6.07) is 8.49.